The van der Waals surface area contributed by atoms with E-state index in [1.54, 1.807) is 0 Å². The van der Waals surface area contributed by atoms with Gasteiger partial charge >= 0.3 is 0 Å². The first kappa shape index (κ1) is 31.8. The number of thiophene rings is 1. The van der Waals surface area contributed by atoms with Gasteiger partial charge in [-0.1, -0.05) is 184 Å². The molecule has 56 heavy (non-hydrogen) atoms. The zero-order valence-electron chi connectivity index (χ0n) is 31.2. The summed E-state index contributed by atoms with van der Waals surface area (Å²) in [7, 11) is 0. The van der Waals surface area contributed by atoms with Crippen molar-refractivity contribution in [2.45, 2.75) is 19.3 Å². The number of benzene rings is 10. The Labute approximate surface area is 329 Å². The summed E-state index contributed by atoms with van der Waals surface area (Å²) in [6.07, 6.45) is 0. The fourth-order valence-electron chi connectivity index (χ4n) is 10.1. The number of hydrogen-bond donors (Lipinski definition) is 0. The average molecular weight is 729 g/mol. The van der Waals surface area contributed by atoms with Crippen molar-refractivity contribution in [3.8, 4) is 44.5 Å². The maximum atomic E-state index is 2.49. The number of rotatable bonds is 3. The van der Waals surface area contributed by atoms with Gasteiger partial charge in [-0.2, -0.15) is 0 Å². The minimum atomic E-state index is -0.149. The van der Waals surface area contributed by atoms with Crippen LogP contribution < -0.4 is 0 Å². The average Bonchev–Trinajstić information content (AvgIpc) is 3.74. The molecule has 0 amide bonds. The van der Waals surface area contributed by atoms with Gasteiger partial charge in [-0.25, -0.2) is 0 Å². The van der Waals surface area contributed by atoms with Crippen molar-refractivity contribution in [3.05, 3.63) is 193 Å². The highest BCUT2D eigenvalue weighted by molar-refractivity contribution is 7.26. The summed E-state index contributed by atoms with van der Waals surface area (Å²) in [5, 5.41) is 13.0. The van der Waals surface area contributed by atoms with E-state index in [-0.39, 0.29) is 5.41 Å². The van der Waals surface area contributed by atoms with Gasteiger partial charge < -0.3 is 0 Å². The molecule has 0 atom stereocenters. The molecule has 0 radical (unpaired) electrons. The molecule has 0 N–H and O–H groups in total. The molecular weight excluding hydrogens is 693 g/mol. The maximum Gasteiger partial charge on any atom is 0.0434 e. The smallest absolute Gasteiger partial charge is 0.0434 e. The zero-order chi connectivity index (χ0) is 37.1. The molecule has 262 valence electrons. The van der Waals surface area contributed by atoms with E-state index in [1.807, 2.05) is 11.3 Å². The zero-order valence-corrected chi connectivity index (χ0v) is 32.0. The topological polar surface area (TPSA) is 0 Å². The monoisotopic (exact) mass is 728 g/mol. The van der Waals surface area contributed by atoms with Crippen molar-refractivity contribution < 1.29 is 0 Å². The highest BCUT2D eigenvalue weighted by Crippen LogP contribution is 2.57. The molecule has 0 bridgehead atoms. The molecule has 1 aliphatic carbocycles. The quantitative estimate of drug-likeness (QED) is 0.159. The fraction of sp³-hybridized carbons (Fsp3) is 0.0545. The van der Waals surface area contributed by atoms with Crippen LogP contribution in [0.2, 0.25) is 0 Å². The molecule has 0 unspecified atom stereocenters. The highest BCUT2D eigenvalue weighted by Gasteiger charge is 2.39. The Morgan fingerprint density at radius 3 is 1.59 bits per heavy atom. The Hall–Kier alpha value is -6.54. The van der Waals surface area contributed by atoms with E-state index in [2.05, 4.69) is 196 Å². The predicted octanol–water partition coefficient (Wildman–Crippen LogP) is 16.0. The second-order valence-corrected chi connectivity index (χ2v) is 17.0. The third kappa shape index (κ3) is 4.41. The summed E-state index contributed by atoms with van der Waals surface area (Å²) in [6.45, 7) is 4.83. The van der Waals surface area contributed by atoms with Crippen LogP contribution in [0.25, 0.3) is 108 Å². The standard InChI is InChI=1S/C55H36S/c1-55(2)47-22-12-11-17-40(47)46-32-48-52(45-30-29-34-14-5-6-16-39(34)54(45)56-48)51(53(46)55)36-26-24-35(25-27-36)49-41-18-7-9-20-43(41)50(44-21-10-8-19-42(44)49)38-28-23-33-13-3-4-15-37(33)31-38/h3-32H,1-2H3. The van der Waals surface area contributed by atoms with Crippen molar-refractivity contribution in [2.24, 2.45) is 0 Å². The van der Waals surface area contributed by atoms with Crippen molar-refractivity contribution in [1.82, 2.24) is 0 Å². The summed E-state index contributed by atoms with van der Waals surface area (Å²) in [4.78, 5) is 0. The lowest BCUT2D eigenvalue weighted by atomic mass is 9.77. The van der Waals surface area contributed by atoms with Crippen molar-refractivity contribution in [1.29, 1.82) is 0 Å². The molecule has 1 aromatic heterocycles. The minimum absolute atomic E-state index is 0.149. The Balaban J connectivity index is 1.11. The lowest BCUT2D eigenvalue weighted by Gasteiger charge is -2.25. The molecule has 0 spiro atoms. The first-order chi connectivity index (χ1) is 27.5. The van der Waals surface area contributed by atoms with E-state index in [0.29, 0.717) is 0 Å². The third-order valence-corrected chi connectivity index (χ3v) is 13.8. The van der Waals surface area contributed by atoms with Gasteiger partial charge in [-0.3, -0.25) is 0 Å². The fourth-order valence-corrected chi connectivity index (χ4v) is 11.4. The van der Waals surface area contributed by atoms with E-state index < -0.39 is 0 Å². The molecule has 1 aliphatic rings. The molecule has 10 aromatic carbocycles. The lowest BCUT2D eigenvalue weighted by molar-refractivity contribution is 0.663. The molecule has 0 aliphatic heterocycles. The van der Waals surface area contributed by atoms with E-state index in [4.69, 9.17) is 0 Å². The van der Waals surface area contributed by atoms with E-state index in [1.165, 1.54) is 119 Å². The Morgan fingerprint density at radius 2 is 0.893 bits per heavy atom. The molecule has 0 fully saturated rings. The van der Waals surface area contributed by atoms with Gasteiger partial charge in [0.2, 0.25) is 0 Å². The highest BCUT2D eigenvalue weighted by atomic mass is 32.1. The van der Waals surface area contributed by atoms with Crippen LogP contribution in [0.1, 0.15) is 25.0 Å². The Morgan fingerprint density at radius 1 is 0.375 bits per heavy atom. The van der Waals surface area contributed by atoms with Crippen LogP contribution in [0, 0.1) is 0 Å². The Kier molecular flexibility index (Phi) is 6.66. The third-order valence-electron chi connectivity index (χ3n) is 12.6. The van der Waals surface area contributed by atoms with Gasteiger partial charge in [0.05, 0.1) is 0 Å². The van der Waals surface area contributed by atoms with Crippen LogP contribution in [0.4, 0.5) is 0 Å². The molecule has 11 aromatic rings. The van der Waals surface area contributed by atoms with Gasteiger partial charge in [-0.05, 0) is 111 Å². The molecule has 0 saturated carbocycles. The van der Waals surface area contributed by atoms with Crippen LogP contribution in [0.15, 0.2) is 182 Å². The van der Waals surface area contributed by atoms with Gasteiger partial charge in [-0.15, -0.1) is 11.3 Å². The van der Waals surface area contributed by atoms with Crippen LogP contribution in [-0.4, -0.2) is 0 Å². The van der Waals surface area contributed by atoms with E-state index in [0.717, 1.165) is 0 Å². The van der Waals surface area contributed by atoms with E-state index >= 15 is 0 Å². The normalized spacial score (nSPS) is 13.3. The first-order valence-electron chi connectivity index (χ1n) is 19.6. The van der Waals surface area contributed by atoms with E-state index in [9.17, 15) is 0 Å². The van der Waals surface area contributed by atoms with Crippen molar-refractivity contribution in [3.63, 3.8) is 0 Å². The second-order valence-electron chi connectivity index (χ2n) is 16.0. The molecule has 0 nitrogen and oxygen atoms in total. The molecule has 1 heterocycles. The summed E-state index contributed by atoms with van der Waals surface area (Å²) in [5.41, 5.74) is 13.1. The SMILES string of the molecule is CC1(C)c2ccccc2-c2cc3sc4c5ccccc5ccc4c3c(-c3ccc(-c4c5ccccc5c(-c5ccc6ccccc6c5)c5ccccc45)cc3)c21. The second kappa shape index (κ2) is 11.7. The van der Waals surface area contributed by atoms with Crippen LogP contribution >= 0.6 is 11.3 Å². The Bertz CT molecular complexity index is 3370. The first-order valence-corrected chi connectivity index (χ1v) is 20.4. The van der Waals surface area contributed by atoms with Crippen LogP contribution in [0.5, 0.6) is 0 Å². The summed E-state index contributed by atoms with van der Waals surface area (Å²) in [5.74, 6) is 0. The molecule has 0 saturated heterocycles. The largest absolute Gasteiger partial charge is 0.134 e. The molecular formula is C55H36S. The van der Waals surface area contributed by atoms with Crippen LogP contribution in [-0.2, 0) is 5.41 Å². The minimum Gasteiger partial charge on any atom is -0.134 e. The molecule has 12 rings (SSSR count). The van der Waals surface area contributed by atoms with Crippen molar-refractivity contribution >= 4 is 74.6 Å². The van der Waals surface area contributed by atoms with Gasteiger partial charge in [0.15, 0.2) is 0 Å². The van der Waals surface area contributed by atoms with Gasteiger partial charge in [0.1, 0.15) is 0 Å². The lowest BCUT2D eigenvalue weighted by Crippen LogP contribution is -2.16. The maximum absolute atomic E-state index is 2.49. The number of hydrogen-bond acceptors (Lipinski definition) is 1. The van der Waals surface area contributed by atoms with Crippen molar-refractivity contribution in [2.75, 3.05) is 0 Å². The number of fused-ring (bicyclic) bond motifs is 11. The summed E-state index contributed by atoms with van der Waals surface area (Å²) in [6, 6.07) is 68.2. The van der Waals surface area contributed by atoms with Gasteiger partial charge in [0.25, 0.3) is 0 Å². The van der Waals surface area contributed by atoms with Gasteiger partial charge in [0, 0.05) is 25.6 Å². The molecule has 1 heteroatoms. The summed E-state index contributed by atoms with van der Waals surface area (Å²) >= 11 is 1.94. The van der Waals surface area contributed by atoms with Crippen LogP contribution in [0.3, 0.4) is 0 Å². The predicted molar refractivity (Wildman–Crippen MR) is 243 cm³/mol. The summed E-state index contributed by atoms with van der Waals surface area (Å²) < 4.78 is 2.72.